The summed E-state index contributed by atoms with van der Waals surface area (Å²) in [6, 6.07) is 16.7. The molecule has 2 N–H and O–H groups in total. The highest BCUT2D eigenvalue weighted by molar-refractivity contribution is 5.72. The summed E-state index contributed by atoms with van der Waals surface area (Å²) in [5.74, 6) is 0.201. The molecule has 3 rings (SSSR count). The van der Waals surface area contributed by atoms with Crippen LogP contribution in [0.25, 0.3) is 11.1 Å². The molecule has 5 nitrogen and oxygen atoms in total. The average molecular weight is 309 g/mol. The van der Waals surface area contributed by atoms with E-state index in [2.05, 4.69) is 10.3 Å². The number of aliphatic hydroxyl groups excluding tert-OH is 1. The van der Waals surface area contributed by atoms with Crippen LogP contribution >= 0.6 is 0 Å². The molecule has 1 heterocycles. The topological polar surface area (TPSA) is 75.4 Å². The van der Waals surface area contributed by atoms with Crippen LogP contribution in [0.2, 0.25) is 0 Å². The molecule has 2 aromatic carbocycles. The second kappa shape index (κ2) is 7.07. The van der Waals surface area contributed by atoms with E-state index in [0.717, 1.165) is 12.0 Å². The number of fused-ring (bicyclic) bond motifs is 1. The van der Waals surface area contributed by atoms with Crippen LogP contribution in [0.1, 0.15) is 24.0 Å². The van der Waals surface area contributed by atoms with Gasteiger partial charge in [0, 0.05) is 0 Å². The van der Waals surface area contributed by atoms with Crippen molar-refractivity contribution in [2.75, 3.05) is 0 Å². The van der Waals surface area contributed by atoms with Gasteiger partial charge in [0.1, 0.15) is 5.52 Å². The fraction of sp³-hybridized carbons (Fsp3) is 0.222. The molecule has 0 saturated heterocycles. The van der Waals surface area contributed by atoms with Crippen LogP contribution in [0.15, 0.2) is 59.0 Å². The molecule has 0 saturated carbocycles. The molecule has 0 aliphatic rings. The van der Waals surface area contributed by atoms with Crippen LogP contribution in [-0.4, -0.2) is 22.5 Å². The van der Waals surface area contributed by atoms with Gasteiger partial charge in [0.25, 0.3) is 0 Å². The number of oxazole rings is 1. The zero-order chi connectivity index (χ0) is 16.1. The van der Waals surface area contributed by atoms with Gasteiger partial charge in [0.05, 0.1) is 6.04 Å². The zero-order valence-electron chi connectivity index (χ0n) is 12.5. The maximum atomic E-state index is 10.7. The third-order valence-electron chi connectivity index (χ3n) is 3.78. The first-order valence-corrected chi connectivity index (χ1v) is 7.48. The van der Waals surface area contributed by atoms with Gasteiger partial charge in [-0.2, -0.15) is 0 Å². The molecule has 5 heteroatoms. The third-order valence-corrected chi connectivity index (χ3v) is 3.78. The van der Waals surface area contributed by atoms with Crippen LogP contribution in [0.5, 0.6) is 0 Å². The number of nitrogens with zero attached hydrogens (tertiary/aromatic N) is 1. The number of carbonyl (C=O) groups excluding carboxylic acids is 1. The van der Waals surface area contributed by atoms with Crippen molar-refractivity contribution in [2.45, 2.75) is 25.0 Å². The number of aromatic nitrogens is 1. The normalized spacial score (nSPS) is 13.6. The summed E-state index contributed by atoms with van der Waals surface area (Å²) in [4.78, 5) is 15.0. The van der Waals surface area contributed by atoms with Crippen molar-refractivity contribution in [1.82, 2.24) is 10.3 Å². The van der Waals surface area contributed by atoms with E-state index in [0.29, 0.717) is 17.5 Å². The van der Waals surface area contributed by atoms with Crippen molar-refractivity contribution >= 4 is 17.5 Å². The molecule has 1 aromatic heterocycles. The van der Waals surface area contributed by atoms with Gasteiger partial charge in [-0.15, -0.1) is 0 Å². The van der Waals surface area contributed by atoms with Crippen LogP contribution in [0.4, 0.5) is 0 Å². The number of benzene rings is 2. The van der Waals surface area contributed by atoms with E-state index in [1.54, 1.807) is 12.5 Å². The molecule has 117 valence electrons. The van der Waals surface area contributed by atoms with Crippen LogP contribution in [-0.2, 0) is 11.2 Å². The van der Waals surface area contributed by atoms with Gasteiger partial charge in [-0.3, -0.25) is 4.79 Å². The monoisotopic (exact) mass is 309 g/mol. The molecule has 0 fully saturated rings. The number of rotatable bonds is 7. The second-order valence-electron chi connectivity index (χ2n) is 5.34. The summed E-state index contributed by atoms with van der Waals surface area (Å²) < 4.78 is 5.58. The molecular formula is C18H17N2O3. The summed E-state index contributed by atoms with van der Waals surface area (Å²) >= 11 is 0. The lowest BCUT2D eigenvalue weighted by atomic mass is 10.0. The first-order valence-electron chi connectivity index (χ1n) is 7.48. The highest BCUT2D eigenvalue weighted by atomic mass is 16.4. The Balaban J connectivity index is 1.75. The number of amides is 1. The Kier molecular flexibility index (Phi) is 4.68. The van der Waals surface area contributed by atoms with Gasteiger partial charge in [-0.25, -0.2) is 4.98 Å². The van der Waals surface area contributed by atoms with Gasteiger partial charge >= 0.3 is 6.41 Å². The minimum Gasteiger partial charge on any atom is -0.438 e. The average Bonchev–Trinajstić information content (AvgIpc) is 3.03. The van der Waals surface area contributed by atoms with Gasteiger partial charge in [0.2, 0.25) is 5.89 Å². The highest BCUT2D eigenvalue weighted by Crippen LogP contribution is 2.24. The van der Waals surface area contributed by atoms with Crippen molar-refractivity contribution in [3.05, 3.63) is 66.1 Å². The molecule has 0 spiro atoms. The van der Waals surface area contributed by atoms with Crippen LogP contribution in [0, 0.1) is 0 Å². The lowest BCUT2D eigenvalue weighted by Gasteiger charge is -2.19. The largest absolute Gasteiger partial charge is 0.438 e. The summed E-state index contributed by atoms with van der Waals surface area (Å²) in [6.07, 6.45) is 1.91. The Morgan fingerprint density at radius 1 is 1.13 bits per heavy atom. The molecule has 0 aliphatic heterocycles. The molecule has 2 atom stereocenters. The standard InChI is InChI=1S/C18H17N2O3/c21-12-19-15(11-10-13-6-2-1-3-7-13)17(22)18-20-14-8-4-5-9-16(14)23-18/h1-9,15,17,22H,10-11H2,(H,19,21)/t15-,17-/m0/s1. The van der Waals surface area contributed by atoms with E-state index < -0.39 is 12.1 Å². The first-order chi connectivity index (χ1) is 11.3. The molecule has 0 unspecified atom stereocenters. The van der Waals surface area contributed by atoms with E-state index >= 15 is 0 Å². The number of nitrogens with one attached hydrogen (secondary N) is 1. The SMILES string of the molecule is O=[C]N[C@@H](CCc1ccccc1)[C@H](O)c1nc2ccccc2o1. The lowest BCUT2D eigenvalue weighted by molar-refractivity contribution is 0.105. The van der Waals surface area contributed by atoms with Crippen molar-refractivity contribution in [3.8, 4) is 0 Å². The minimum atomic E-state index is -1.02. The predicted octanol–water partition coefficient (Wildman–Crippen LogP) is 2.52. The van der Waals surface area contributed by atoms with Crippen molar-refractivity contribution in [1.29, 1.82) is 0 Å². The van der Waals surface area contributed by atoms with E-state index in [-0.39, 0.29) is 5.89 Å². The molecule has 1 radical (unpaired) electrons. The number of hydrogen-bond acceptors (Lipinski definition) is 4. The van der Waals surface area contributed by atoms with Gasteiger partial charge in [-0.1, -0.05) is 42.5 Å². The maximum Gasteiger partial charge on any atom is 0.309 e. The Labute approximate surface area is 134 Å². The summed E-state index contributed by atoms with van der Waals surface area (Å²) in [5, 5.41) is 13.0. The van der Waals surface area contributed by atoms with Crippen molar-refractivity contribution in [3.63, 3.8) is 0 Å². The van der Waals surface area contributed by atoms with Crippen molar-refractivity contribution in [2.24, 2.45) is 0 Å². The van der Waals surface area contributed by atoms with Gasteiger partial charge in [0.15, 0.2) is 11.7 Å². The summed E-state index contributed by atoms with van der Waals surface area (Å²) in [6.45, 7) is 0. The fourth-order valence-electron chi connectivity index (χ4n) is 2.54. The Hall–Kier alpha value is -2.66. The minimum absolute atomic E-state index is 0.201. The third kappa shape index (κ3) is 3.57. The highest BCUT2D eigenvalue weighted by Gasteiger charge is 2.25. The lowest BCUT2D eigenvalue weighted by Crippen LogP contribution is -2.34. The van der Waals surface area contributed by atoms with Gasteiger partial charge in [-0.05, 0) is 30.5 Å². The Morgan fingerprint density at radius 3 is 2.61 bits per heavy atom. The predicted molar refractivity (Wildman–Crippen MR) is 86.3 cm³/mol. The van der Waals surface area contributed by atoms with Gasteiger partial charge < -0.3 is 14.8 Å². The number of hydrogen-bond donors (Lipinski definition) is 2. The first kappa shape index (κ1) is 15.2. The molecule has 0 aliphatic carbocycles. The van der Waals surface area contributed by atoms with E-state index in [4.69, 9.17) is 4.42 Å². The zero-order valence-corrected chi connectivity index (χ0v) is 12.5. The fourth-order valence-corrected chi connectivity index (χ4v) is 2.54. The maximum absolute atomic E-state index is 10.7. The number of para-hydroxylation sites is 2. The Morgan fingerprint density at radius 2 is 1.87 bits per heavy atom. The van der Waals surface area contributed by atoms with E-state index in [9.17, 15) is 9.90 Å². The second-order valence-corrected chi connectivity index (χ2v) is 5.34. The quantitative estimate of drug-likeness (QED) is 0.658. The van der Waals surface area contributed by atoms with Crippen molar-refractivity contribution < 1.29 is 14.3 Å². The van der Waals surface area contributed by atoms with Crippen LogP contribution in [0.3, 0.4) is 0 Å². The molecular weight excluding hydrogens is 292 g/mol. The molecule has 3 aromatic rings. The molecule has 0 bridgehead atoms. The number of aliphatic hydroxyl groups is 1. The van der Waals surface area contributed by atoms with Crippen LogP contribution < -0.4 is 5.32 Å². The number of aryl methyl sites for hydroxylation is 1. The molecule has 1 amide bonds. The molecule has 23 heavy (non-hydrogen) atoms. The smallest absolute Gasteiger partial charge is 0.309 e. The summed E-state index contributed by atoms with van der Waals surface area (Å²) in [5.41, 5.74) is 2.42. The summed E-state index contributed by atoms with van der Waals surface area (Å²) in [7, 11) is 0. The van der Waals surface area contributed by atoms with E-state index in [1.165, 1.54) is 0 Å². The Bertz CT molecular complexity index is 737. The van der Waals surface area contributed by atoms with E-state index in [1.807, 2.05) is 48.5 Å².